The van der Waals surface area contributed by atoms with Gasteiger partial charge in [0.2, 0.25) is 11.6 Å². The number of hydrogen-bond donors (Lipinski definition) is 1. The van der Waals surface area contributed by atoms with Crippen molar-refractivity contribution in [2.75, 3.05) is 38.3 Å². The quantitative estimate of drug-likeness (QED) is 0.281. The molecule has 10 nitrogen and oxygen atoms in total. The summed E-state index contributed by atoms with van der Waals surface area (Å²) in [6.45, 7) is 21.8. The summed E-state index contributed by atoms with van der Waals surface area (Å²) in [7, 11) is 1.70. The summed E-state index contributed by atoms with van der Waals surface area (Å²) in [5.41, 5.74) is 2.02. The number of methoxy groups -OCH3 is 1. The lowest BCUT2D eigenvalue weighted by Crippen LogP contribution is -2.37. The number of nitrogens with zero attached hydrogens (tertiary/aromatic N) is 4. The summed E-state index contributed by atoms with van der Waals surface area (Å²) in [4.78, 5) is 30.5. The number of benzene rings is 1. The number of ketones is 1. The molecule has 11 heteroatoms. The Kier molecular flexibility index (Phi) is 12.2. The van der Waals surface area contributed by atoms with E-state index in [1.807, 2.05) is 18.2 Å². The van der Waals surface area contributed by atoms with Crippen molar-refractivity contribution < 1.29 is 33.3 Å². The standard InChI is InChI=1S/C31H44N4O4.C4H7FO2/c1-9-21-18-28-32-25(20(4)35(28)33-30(21)39-23(10-2)11-3)19-27(36)22-16-24(31(5,6)7)29(37-8)26(17-22)34-12-14-38-15-13-34;1-4(2,5)3(6)7/h16-18,23,25H,4,9-15,19H2,1-3,5-8H3;1-2H3,(H,6,7). The van der Waals surface area contributed by atoms with Crippen molar-refractivity contribution in [1.29, 1.82) is 0 Å². The number of fused-ring (bicyclic) bond motifs is 1. The van der Waals surface area contributed by atoms with Crippen molar-refractivity contribution in [3.8, 4) is 5.75 Å². The van der Waals surface area contributed by atoms with Gasteiger partial charge in [0.1, 0.15) is 17.6 Å². The number of anilines is 1. The van der Waals surface area contributed by atoms with Crippen LogP contribution >= 0.6 is 0 Å². The van der Waals surface area contributed by atoms with Gasteiger partial charge < -0.3 is 24.2 Å². The number of carbonyl (C=O) groups excluding carboxylic acids is 1. The third-order valence-corrected chi connectivity index (χ3v) is 8.14. The van der Waals surface area contributed by atoms with Crippen LogP contribution in [0.4, 0.5) is 10.1 Å². The minimum Gasteiger partial charge on any atom is -0.494 e. The van der Waals surface area contributed by atoms with Crippen LogP contribution in [0.5, 0.6) is 5.75 Å². The molecule has 3 heterocycles. The van der Waals surface area contributed by atoms with Crippen LogP contribution in [-0.2, 0) is 19.7 Å². The summed E-state index contributed by atoms with van der Waals surface area (Å²) < 4.78 is 29.6. The summed E-state index contributed by atoms with van der Waals surface area (Å²) in [5.74, 6) is 0.752. The molecule has 3 aliphatic rings. The van der Waals surface area contributed by atoms with Gasteiger partial charge in [-0.1, -0.05) is 48.1 Å². The molecule has 1 N–H and O–H groups in total. The molecule has 0 saturated carbocycles. The minimum absolute atomic E-state index is 0.0187. The maximum atomic E-state index is 13.8. The molecule has 0 spiro atoms. The highest BCUT2D eigenvalue weighted by molar-refractivity contribution is 6.08. The number of hydrogen-bond acceptors (Lipinski definition) is 9. The maximum absolute atomic E-state index is 13.8. The molecule has 0 radical (unpaired) electrons. The number of morpholine rings is 1. The van der Waals surface area contributed by atoms with Gasteiger partial charge in [-0.25, -0.2) is 14.2 Å². The number of rotatable bonds is 10. The van der Waals surface area contributed by atoms with Crippen LogP contribution < -0.4 is 9.64 Å². The number of aliphatic imine (C=N–C) groups is 1. The topological polar surface area (TPSA) is 113 Å². The van der Waals surface area contributed by atoms with Gasteiger partial charge in [0.25, 0.3) is 0 Å². The molecule has 1 aromatic rings. The maximum Gasteiger partial charge on any atom is 0.340 e. The van der Waals surface area contributed by atoms with E-state index in [1.165, 1.54) is 0 Å². The van der Waals surface area contributed by atoms with Gasteiger partial charge in [0.15, 0.2) is 5.78 Å². The molecular weight excluding hydrogens is 591 g/mol. The third-order valence-electron chi connectivity index (χ3n) is 8.14. The van der Waals surface area contributed by atoms with E-state index in [1.54, 1.807) is 12.1 Å². The SMILES string of the molecule is C=C1C(CC(=O)c2cc(N3CCOCC3)c(OC)c(C(C)(C)C)c2)N=C2C=C(CC)C(OC(CC)CC)=NN12.CC(C)(F)C(=O)O. The van der Waals surface area contributed by atoms with Crippen molar-refractivity contribution in [1.82, 2.24) is 5.01 Å². The Morgan fingerprint density at radius 3 is 2.24 bits per heavy atom. The van der Waals surface area contributed by atoms with Crippen LogP contribution in [0.1, 0.15) is 97.0 Å². The predicted molar refractivity (Wildman–Crippen MR) is 180 cm³/mol. The van der Waals surface area contributed by atoms with E-state index in [0.717, 1.165) is 68.8 Å². The number of alkyl halides is 1. The first kappa shape index (κ1) is 36.7. The second-order valence-corrected chi connectivity index (χ2v) is 13.1. The highest BCUT2D eigenvalue weighted by atomic mass is 19.1. The Hall–Kier alpha value is -3.73. The monoisotopic (exact) mass is 642 g/mol. The molecule has 0 bridgehead atoms. The number of aliphatic carboxylic acids is 1. The van der Waals surface area contributed by atoms with E-state index in [2.05, 4.69) is 53.0 Å². The average molecular weight is 643 g/mol. The molecule has 1 atom stereocenters. The molecular formula is C35H51FN4O6. The number of hydrazone groups is 1. The van der Waals surface area contributed by atoms with Crippen LogP contribution in [0, 0.1) is 0 Å². The van der Waals surface area contributed by atoms with Crippen molar-refractivity contribution in [3.63, 3.8) is 0 Å². The van der Waals surface area contributed by atoms with E-state index < -0.39 is 11.6 Å². The summed E-state index contributed by atoms with van der Waals surface area (Å²) in [6, 6.07) is 3.57. The molecule has 0 aromatic heterocycles. The largest absolute Gasteiger partial charge is 0.494 e. The number of Topliss-reactive ketones (excluding diaryl/α,β-unsaturated/α-hetero) is 1. The van der Waals surface area contributed by atoms with Crippen molar-refractivity contribution >= 4 is 29.2 Å². The van der Waals surface area contributed by atoms with E-state index in [0.29, 0.717) is 36.2 Å². The molecule has 0 amide bonds. The second-order valence-electron chi connectivity index (χ2n) is 13.1. The zero-order valence-corrected chi connectivity index (χ0v) is 28.9. The summed E-state index contributed by atoms with van der Waals surface area (Å²) >= 11 is 0. The minimum atomic E-state index is -2.08. The van der Waals surface area contributed by atoms with Crippen LogP contribution in [0.3, 0.4) is 0 Å². The third kappa shape index (κ3) is 8.74. The van der Waals surface area contributed by atoms with E-state index in [4.69, 9.17) is 29.4 Å². The molecule has 1 unspecified atom stereocenters. The highest BCUT2D eigenvalue weighted by Crippen LogP contribution is 2.41. The summed E-state index contributed by atoms with van der Waals surface area (Å²) in [5, 5.41) is 14.4. The van der Waals surface area contributed by atoms with Gasteiger partial charge in [-0.05, 0) is 56.7 Å². The van der Waals surface area contributed by atoms with Crippen LogP contribution in [0.2, 0.25) is 0 Å². The second kappa shape index (κ2) is 15.2. The van der Waals surface area contributed by atoms with Crippen LogP contribution in [-0.4, -0.2) is 84.8 Å². The lowest BCUT2D eigenvalue weighted by Gasteiger charge is -2.33. The first-order chi connectivity index (χ1) is 21.5. The fraction of sp³-hybridized carbons (Fsp3) is 0.600. The Labute approximate surface area is 273 Å². The molecule has 46 heavy (non-hydrogen) atoms. The molecule has 1 fully saturated rings. The smallest absolute Gasteiger partial charge is 0.340 e. The number of halogens is 1. The number of carboxylic acid groups (broad SMARTS) is 1. The Bertz CT molecular complexity index is 1380. The van der Waals surface area contributed by atoms with Crippen LogP contribution in [0.15, 0.2) is 46.2 Å². The number of carboxylic acids is 1. The Morgan fingerprint density at radius 1 is 1.13 bits per heavy atom. The first-order valence-corrected chi connectivity index (χ1v) is 16.1. The molecule has 4 rings (SSSR count). The Balaban J connectivity index is 0.000000738. The van der Waals surface area contributed by atoms with E-state index in [9.17, 15) is 14.0 Å². The molecule has 1 saturated heterocycles. The Morgan fingerprint density at radius 2 is 1.74 bits per heavy atom. The van der Waals surface area contributed by atoms with Crippen LogP contribution in [0.25, 0.3) is 0 Å². The molecule has 1 aromatic carbocycles. The highest BCUT2D eigenvalue weighted by Gasteiger charge is 2.35. The van der Waals surface area contributed by atoms with Gasteiger partial charge in [-0.15, -0.1) is 5.10 Å². The lowest BCUT2D eigenvalue weighted by molar-refractivity contribution is -0.148. The van der Waals surface area contributed by atoms with E-state index >= 15 is 0 Å². The normalized spacial score (nSPS) is 18.3. The van der Waals surface area contributed by atoms with Crippen molar-refractivity contribution in [3.05, 3.63) is 47.2 Å². The molecule has 3 aliphatic heterocycles. The fourth-order valence-electron chi connectivity index (χ4n) is 5.17. The van der Waals surface area contributed by atoms with Gasteiger partial charge >= 0.3 is 5.97 Å². The van der Waals surface area contributed by atoms with Gasteiger partial charge in [-0.2, -0.15) is 0 Å². The molecule has 0 aliphatic carbocycles. The van der Waals surface area contributed by atoms with Gasteiger partial charge in [-0.3, -0.25) is 9.79 Å². The molecule has 254 valence electrons. The van der Waals surface area contributed by atoms with Gasteiger partial charge in [0.05, 0.1) is 37.8 Å². The van der Waals surface area contributed by atoms with Crippen molar-refractivity contribution in [2.24, 2.45) is 10.1 Å². The van der Waals surface area contributed by atoms with Crippen molar-refractivity contribution in [2.45, 2.75) is 104 Å². The average Bonchev–Trinajstić information content (AvgIpc) is 3.31. The zero-order valence-electron chi connectivity index (χ0n) is 28.9. The first-order valence-electron chi connectivity index (χ1n) is 16.1. The number of carbonyl (C=O) groups is 2. The number of ether oxygens (including phenoxy) is 3. The van der Waals surface area contributed by atoms with Gasteiger partial charge in [0, 0.05) is 36.2 Å². The summed E-state index contributed by atoms with van der Waals surface area (Å²) in [6.07, 6.45) is 4.95. The van der Waals surface area contributed by atoms with E-state index in [-0.39, 0.29) is 29.8 Å². The predicted octanol–water partition coefficient (Wildman–Crippen LogP) is 6.69. The lowest BCUT2D eigenvalue weighted by atomic mass is 9.83. The number of amidine groups is 1. The zero-order chi connectivity index (χ0) is 34.4. The fourth-order valence-corrected chi connectivity index (χ4v) is 5.17.